The number of aryl methyl sites for hydroxylation is 1. The summed E-state index contributed by atoms with van der Waals surface area (Å²) in [5.41, 5.74) is 2.68. The summed E-state index contributed by atoms with van der Waals surface area (Å²) >= 11 is 7.46. The lowest BCUT2D eigenvalue weighted by Gasteiger charge is -2.14. The number of hydrogen-bond acceptors (Lipinski definition) is 7. The van der Waals surface area contributed by atoms with Gasteiger partial charge >= 0.3 is 0 Å². The van der Waals surface area contributed by atoms with Crippen LogP contribution >= 0.6 is 22.9 Å². The average Bonchev–Trinajstić information content (AvgIpc) is 3.14. The fraction of sp³-hybridized carbons (Fsp3) is 0.211. The van der Waals surface area contributed by atoms with Gasteiger partial charge in [-0.3, -0.25) is 4.99 Å². The van der Waals surface area contributed by atoms with Crippen molar-refractivity contribution in [3.63, 3.8) is 0 Å². The second kappa shape index (κ2) is 7.94. The molecule has 0 fully saturated rings. The number of guanidine groups is 1. The topological polar surface area (TPSA) is 71.4 Å². The van der Waals surface area contributed by atoms with Crippen LogP contribution in [0.2, 0.25) is 5.02 Å². The summed E-state index contributed by atoms with van der Waals surface area (Å²) in [5, 5.41) is 9.88. The minimum Gasteiger partial charge on any atom is -0.438 e. The van der Waals surface area contributed by atoms with Crippen molar-refractivity contribution in [3.8, 4) is 22.9 Å². The second-order valence-corrected chi connectivity index (χ2v) is 7.39. The zero-order chi connectivity index (χ0) is 18.6. The third-order valence-corrected chi connectivity index (χ3v) is 4.93. The molecule has 0 saturated carbocycles. The molecular weight excluding hydrogens is 382 g/mol. The van der Waals surface area contributed by atoms with Crippen molar-refractivity contribution in [1.29, 1.82) is 0 Å². The van der Waals surface area contributed by atoms with E-state index in [1.165, 1.54) is 11.3 Å². The van der Waals surface area contributed by atoms with Crippen LogP contribution in [0, 0.1) is 6.92 Å². The number of halogens is 1. The van der Waals surface area contributed by atoms with Crippen molar-refractivity contribution >= 4 is 34.0 Å². The Hall–Kier alpha value is -2.64. The highest BCUT2D eigenvalue weighted by Gasteiger charge is 2.14. The molecule has 8 heteroatoms. The first-order valence-electron chi connectivity index (χ1n) is 8.59. The lowest BCUT2D eigenvalue weighted by Crippen LogP contribution is -2.35. The van der Waals surface area contributed by atoms with Crippen molar-refractivity contribution in [1.82, 2.24) is 15.3 Å². The Morgan fingerprint density at radius 1 is 1.26 bits per heavy atom. The normalized spacial score (nSPS) is 13.6. The number of benzene rings is 1. The summed E-state index contributed by atoms with van der Waals surface area (Å²) in [6, 6.07) is 9.22. The molecule has 0 radical (unpaired) electrons. The lowest BCUT2D eigenvalue weighted by atomic mass is 10.1. The van der Waals surface area contributed by atoms with E-state index in [1.54, 1.807) is 18.3 Å². The number of pyridine rings is 1. The molecule has 0 saturated heterocycles. The van der Waals surface area contributed by atoms with Crippen molar-refractivity contribution in [2.45, 2.75) is 13.3 Å². The maximum absolute atomic E-state index is 5.97. The smallest absolute Gasteiger partial charge is 0.228 e. The van der Waals surface area contributed by atoms with Crippen LogP contribution in [0.3, 0.4) is 0 Å². The van der Waals surface area contributed by atoms with Gasteiger partial charge in [-0.15, -0.1) is 11.3 Å². The van der Waals surface area contributed by atoms with E-state index < -0.39 is 0 Å². The predicted molar refractivity (Wildman–Crippen MR) is 110 cm³/mol. The van der Waals surface area contributed by atoms with E-state index in [2.05, 4.69) is 25.6 Å². The van der Waals surface area contributed by atoms with Gasteiger partial charge in [-0.2, -0.15) is 0 Å². The monoisotopic (exact) mass is 399 g/mol. The summed E-state index contributed by atoms with van der Waals surface area (Å²) in [5.74, 6) is 1.95. The zero-order valence-electron chi connectivity index (χ0n) is 14.7. The van der Waals surface area contributed by atoms with E-state index >= 15 is 0 Å². The Morgan fingerprint density at radius 3 is 2.89 bits per heavy atom. The molecule has 6 nitrogen and oxygen atoms in total. The molecule has 0 spiro atoms. The Kier molecular flexibility index (Phi) is 5.22. The van der Waals surface area contributed by atoms with E-state index in [-0.39, 0.29) is 0 Å². The molecule has 1 aromatic carbocycles. The van der Waals surface area contributed by atoms with Crippen molar-refractivity contribution < 1.29 is 4.74 Å². The molecule has 0 atom stereocenters. The highest BCUT2D eigenvalue weighted by atomic mass is 35.5. The van der Waals surface area contributed by atoms with Gasteiger partial charge in [-0.05, 0) is 49.2 Å². The molecule has 27 heavy (non-hydrogen) atoms. The van der Waals surface area contributed by atoms with E-state index in [0.29, 0.717) is 16.7 Å². The molecule has 2 aromatic heterocycles. The van der Waals surface area contributed by atoms with Crippen LogP contribution in [0.5, 0.6) is 11.6 Å². The first-order chi connectivity index (χ1) is 13.2. The molecule has 0 aliphatic carbocycles. The van der Waals surface area contributed by atoms with Crippen LogP contribution in [0.25, 0.3) is 11.3 Å². The van der Waals surface area contributed by atoms with Crippen molar-refractivity contribution in [3.05, 3.63) is 52.5 Å². The van der Waals surface area contributed by atoms with Gasteiger partial charge in [-0.1, -0.05) is 11.6 Å². The maximum Gasteiger partial charge on any atom is 0.228 e. The van der Waals surface area contributed by atoms with Crippen LogP contribution in [-0.2, 0) is 0 Å². The molecule has 3 heterocycles. The highest BCUT2D eigenvalue weighted by molar-refractivity contribution is 7.14. The number of nitrogens with zero attached hydrogens (tertiary/aromatic N) is 3. The molecule has 3 aromatic rings. The minimum absolute atomic E-state index is 0.507. The van der Waals surface area contributed by atoms with Crippen LogP contribution < -0.4 is 15.4 Å². The lowest BCUT2D eigenvalue weighted by molar-refractivity contribution is 0.464. The van der Waals surface area contributed by atoms with Gasteiger partial charge < -0.3 is 15.4 Å². The number of aliphatic imine (C=N–C) groups is 1. The SMILES string of the molecule is Cc1cnc(Oc2ccc(Cl)cc2)c(-c2csc(NC3=NCCCN3)n2)c1. The van der Waals surface area contributed by atoms with E-state index in [9.17, 15) is 0 Å². The summed E-state index contributed by atoms with van der Waals surface area (Å²) in [7, 11) is 0. The first kappa shape index (κ1) is 17.8. The number of aromatic nitrogens is 2. The number of nitrogens with one attached hydrogen (secondary N) is 2. The molecule has 0 bridgehead atoms. The fourth-order valence-electron chi connectivity index (χ4n) is 2.61. The first-order valence-corrected chi connectivity index (χ1v) is 9.84. The number of rotatable bonds is 4. The summed E-state index contributed by atoms with van der Waals surface area (Å²) in [6.07, 6.45) is 2.83. The molecule has 1 aliphatic rings. The van der Waals surface area contributed by atoms with Gasteiger partial charge in [0, 0.05) is 29.7 Å². The van der Waals surface area contributed by atoms with Gasteiger partial charge in [0.2, 0.25) is 5.88 Å². The average molecular weight is 400 g/mol. The Labute approximate surface area is 166 Å². The molecule has 1 aliphatic heterocycles. The quantitative estimate of drug-likeness (QED) is 0.664. The minimum atomic E-state index is 0.507. The second-order valence-electron chi connectivity index (χ2n) is 6.09. The third kappa shape index (κ3) is 4.37. The molecule has 4 rings (SSSR count). The van der Waals surface area contributed by atoms with Gasteiger partial charge in [0.05, 0.1) is 11.3 Å². The number of hydrogen-bond donors (Lipinski definition) is 2. The molecule has 0 unspecified atom stereocenters. The van der Waals surface area contributed by atoms with Crippen molar-refractivity contribution in [2.24, 2.45) is 4.99 Å². The standard InChI is InChI=1S/C19H18ClN5OS/c1-12-9-15(17(23-10-12)26-14-5-3-13(20)4-6-14)16-11-27-19(24-16)25-18-21-7-2-8-22-18/h3-6,9-11H,2,7-8H2,1H3,(H2,21,22,24,25). The van der Waals surface area contributed by atoms with Gasteiger partial charge in [0.25, 0.3) is 0 Å². The summed E-state index contributed by atoms with van der Waals surface area (Å²) in [6.45, 7) is 3.74. The number of anilines is 1. The highest BCUT2D eigenvalue weighted by Crippen LogP contribution is 2.34. The van der Waals surface area contributed by atoms with Crippen molar-refractivity contribution in [2.75, 3.05) is 18.4 Å². The molecular formula is C19H18ClN5OS. The van der Waals surface area contributed by atoms with E-state index in [4.69, 9.17) is 16.3 Å². The van der Waals surface area contributed by atoms with Crippen LogP contribution in [0.15, 0.2) is 46.9 Å². The summed E-state index contributed by atoms with van der Waals surface area (Å²) in [4.78, 5) is 13.5. The molecule has 2 N–H and O–H groups in total. The Morgan fingerprint density at radius 2 is 2.11 bits per heavy atom. The molecule has 0 amide bonds. The van der Waals surface area contributed by atoms with E-state index in [1.807, 2.05) is 30.5 Å². The molecule has 138 valence electrons. The predicted octanol–water partition coefficient (Wildman–Crippen LogP) is 4.72. The van der Waals surface area contributed by atoms with Gasteiger partial charge in [0.15, 0.2) is 11.1 Å². The van der Waals surface area contributed by atoms with Crippen LogP contribution in [0.1, 0.15) is 12.0 Å². The zero-order valence-corrected chi connectivity index (χ0v) is 16.3. The van der Waals surface area contributed by atoms with Crippen LogP contribution in [0.4, 0.5) is 5.13 Å². The number of ether oxygens (including phenoxy) is 1. The van der Waals surface area contributed by atoms with Gasteiger partial charge in [-0.25, -0.2) is 9.97 Å². The van der Waals surface area contributed by atoms with E-state index in [0.717, 1.165) is 47.4 Å². The summed E-state index contributed by atoms with van der Waals surface area (Å²) < 4.78 is 5.97. The maximum atomic E-state index is 5.97. The largest absolute Gasteiger partial charge is 0.438 e. The Bertz CT molecular complexity index is 970. The number of thiazole rings is 1. The van der Waals surface area contributed by atoms with Gasteiger partial charge in [0.1, 0.15) is 5.75 Å². The Balaban J connectivity index is 1.60. The third-order valence-electron chi connectivity index (χ3n) is 3.92. The van der Waals surface area contributed by atoms with Crippen LogP contribution in [-0.4, -0.2) is 29.0 Å². The fourth-order valence-corrected chi connectivity index (χ4v) is 3.44.